The summed E-state index contributed by atoms with van der Waals surface area (Å²) >= 11 is 0. The van der Waals surface area contributed by atoms with Crippen molar-refractivity contribution in [2.45, 2.75) is 39.0 Å². The molecule has 0 aliphatic carbocycles. The quantitative estimate of drug-likeness (QED) is 0.539. The standard InChI is InChI=1S/C24H32N2O4/c1-18-21(29-2)16-20(17-22(18)30-3)24(28)26(14-8-7-13-23(25)27)15-9-12-19-10-5-4-6-11-19/h4-6,10-11,16-17H,7-9,12-15H2,1-3H3,(H2,25,27). The van der Waals surface area contributed by atoms with E-state index in [2.05, 4.69) is 12.1 Å². The highest BCUT2D eigenvalue weighted by atomic mass is 16.5. The molecule has 6 heteroatoms. The molecule has 0 bridgehead atoms. The van der Waals surface area contributed by atoms with E-state index in [1.54, 1.807) is 26.4 Å². The Labute approximate surface area is 179 Å². The van der Waals surface area contributed by atoms with Crippen LogP contribution in [0.5, 0.6) is 11.5 Å². The number of unbranched alkanes of at least 4 members (excludes halogenated alkanes) is 1. The van der Waals surface area contributed by atoms with E-state index < -0.39 is 0 Å². The molecule has 0 aromatic heterocycles. The predicted molar refractivity (Wildman–Crippen MR) is 118 cm³/mol. The topological polar surface area (TPSA) is 81.9 Å². The average molecular weight is 413 g/mol. The summed E-state index contributed by atoms with van der Waals surface area (Å²) in [5, 5.41) is 0. The van der Waals surface area contributed by atoms with Gasteiger partial charge in [0.05, 0.1) is 14.2 Å². The fourth-order valence-electron chi connectivity index (χ4n) is 3.43. The van der Waals surface area contributed by atoms with Gasteiger partial charge in [-0.05, 0) is 50.3 Å². The number of amides is 2. The van der Waals surface area contributed by atoms with Crippen LogP contribution in [-0.4, -0.2) is 44.0 Å². The summed E-state index contributed by atoms with van der Waals surface area (Å²) in [7, 11) is 3.16. The highest BCUT2D eigenvalue weighted by molar-refractivity contribution is 5.95. The second-order valence-electron chi connectivity index (χ2n) is 7.31. The Balaban J connectivity index is 2.12. The van der Waals surface area contributed by atoms with Gasteiger partial charge < -0.3 is 20.1 Å². The van der Waals surface area contributed by atoms with Gasteiger partial charge in [0.2, 0.25) is 5.91 Å². The van der Waals surface area contributed by atoms with Crippen LogP contribution < -0.4 is 15.2 Å². The van der Waals surface area contributed by atoms with Crippen LogP contribution in [0.3, 0.4) is 0 Å². The van der Waals surface area contributed by atoms with Gasteiger partial charge in [0.25, 0.3) is 5.91 Å². The largest absolute Gasteiger partial charge is 0.496 e. The van der Waals surface area contributed by atoms with Crippen LogP contribution in [-0.2, 0) is 11.2 Å². The minimum absolute atomic E-state index is 0.0706. The van der Waals surface area contributed by atoms with E-state index in [1.807, 2.05) is 30.0 Å². The number of rotatable bonds is 12. The number of hydrogen-bond acceptors (Lipinski definition) is 4. The molecule has 0 aliphatic rings. The van der Waals surface area contributed by atoms with Crippen LogP contribution in [0.2, 0.25) is 0 Å². The van der Waals surface area contributed by atoms with Gasteiger partial charge >= 0.3 is 0 Å². The Morgan fingerprint density at radius 3 is 2.10 bits per heavy atom. The lowest BCUT2D eigenvalue weighted by atomic mass is 10.1. The third kappa shape index (κ3) is 6.79. The zero-order valence-corrected chi connectivity index (χ0v) is 18.1. The van der Waals surface area contributed by atoms with Gasteiger partial charge in [-0.25, -0.2) is 0 Å². The number of nitrogens with two attached hydrogens (primary N) is 1. The lowest BCUT2D eigenvalue weighted by Crippen LogP contribution is -2.33. The van der Waals surface area contributed by atoms with Crippen molar-refractivity contribution in [1.29, 1.82) is 0 Å². The Kier molecular flexibility index (Phi) is 9.19. The summed E-state index contributed by atoms with van der Waals surface area (Å²) < 4.78 is 10.8. The van der Waals surface area contributed by atoms with Crippen LogP contribution >= 0.6 is 0 Å². The molecule has 2 rings (SSSR count). The summed E-state index contributed by atoms with van der Waals surface area (Å²) in [6, 6.07) is 13.7. The highest BCUT2D eigenvalue weighted by Crippen LogP contribution is 2.30. The van der Waals surface area contributed by atoms with E-state index in [-0.39, 0.29) is 11.8 Å². The molecular formula is C24H32N2O4. The third-order valence-corrected chi connectivity index (χ3v) is 5.12. The molecule has 0 saturated heterocycles. The minimum atomic E-state index is -0.315. The molecule has 0 aliphatic heterocycles. The lowest BCUT2D eigenvalue weighted by molar-refractivity contribution is -0.118. The number of benzene rings is 2. The van der Waals surface area contributed by atoms with Gasteiger partial charge in [0.1, 0.15) is 11.5 Å². The van der Waals surface area contributed by atoms with Crippen LogP contribution in [0.1, 0.15) is 47.2 Å². The van der Waals surface area contributed by atoms with Crippen molar-refractivity contribution in [3.63, 3.8) is 0 Å². The second kappa shape index (κ2) is 11.9. The molecule has 0 spiro atoms. The number of carbonyl (C=O) groups excluding carboxylic acids is 2. The lowest BCUT2D eigenvalue weighted by Gasteiger charge is -2.24. The summed E-state index contributed by atoms with van der Waals surface area (Å²) in [4.78, 5) is 26.1. The van der Waals surface area contributed by atoms with Crippen LogP contribution in [0.25, 0.3) is 0 Å². The van der Waals surface area contributed by atoms with Gasteiger partial charge in [-0.1, -0.05) is 30.3 Å². The number of methoxy groups -OCH3 is 2. The number of primary amides is 1. The molecule has 162 valence electrons. The van der Waals surface area contributed by atoms with Crippen LogP contribution in [0, 0.1) is 6.92 Å². The summed E-state index contributed by atoms with van der Waals surface area (Å²) in [6.45, 7) is 3.09. The molecule has 6 nitrogen and oxygen atoms in total. The number of carbonyl (C=O) groups is 2. The molecule has 2 N–H and O–H groups in total. The van der Waals surface area contributed by atoms with Gasteiger partial charge in [0.15, 0.2) is 0 Å². The molecule has 30 heavy (non-hydrogen) atoms. The molecule has 0 fully saturated rings. The number of hydrogen-bond donors (Lipinski definition) is 1. The third-order valence-electron chi connectivity index (χ3n) is 5.12. The van der Waals surface area contributed by atoms with Crippen LogP contribution in [0.4, 0.5) is 0 Å². The van der Waals surface area contributed by atoms with E-state index in [0.717, 1.165) is 24.8 Å². The SMILES string of the molecule is COc1cc(C(=O)N(CCCCC(N)=O)CCCc2ccccc2)cc(OC)c1C. The first-order chi connectivity index (χ1) is 14.5. The molecule has 0 radical (unpaired) electrons. The van der Waals surface area contributed by atoms with Crippen molar-refractivity contribution in [2.24, 2.45) is 5.73 Å². The first-order valence-electron chi connectivity index (χ1n) is 10.3. The van der Waals surface area contributed by atoms with Gasteiger partial charge in [-0.2, -0.15) is 0 Å². The first-order valence-corrected chi connectivity index (χ1v) is 10.3. The maximum absolute atomic E-state index is 13.3. The Morgan fingerprint density at radius 2 is 1.53 bits per heavy atom. The normalized spacial score (nSPS) is 10.5. The Morgan fingerprint density at radius 1 is 0.933 bits per heavy atom. The van der Waals surface area contributed by atoms with Crippen LogP contribution in [0.15, 0.2) is 42.5 Å². The van der Waals surface area contributed by atoms with E-state index in [0.29, 0.717) is 43.0 Å². The zero-order chi connectivity index (χ0) is 21.9. The maximum Gasteiger partial charge on any atom is 0.254 e. The molecule has 2 aromatic carbocycles. The smallest absolute Gasteiger partial charge is 0.254 e. The molecule has 2 aromatic rings. The van der Waals surface area contributed by atoms with Crippen molar-refractivity contribution in [1.82, 2.24) is 4.90 Å². The van der Waals surface area contributed by atoms with Gasteiger partial charge in [-0.3, -0.25) is 9.59 Å². The average Bonchev–Trinajstić information content (AvgIpc) is 2.75. The van der Waals surface area contributed by atoms with E-state index in [1.165, 1.54) is 5.56 Å². The molecule has 2 amide bonds. The first kappa shape index (κ1) is 23.3. The fraction of sp³-hybridized carbons (Fsp3) is 0.417. The van der Waals surface area contributed by atoms with E-state index in [4.69, 9.17) is 15.2 Å². The van der Waals surface area contributed by atoms with Crippen molar-refractivity contribution in [3.05, 3.63) is 59.2 Å². The van der Waals surface area contributed by atoms with E-state index >= 15 is 0 Å². The molecule has 0 unspecified atom stereocenters. The summed E-state index contributed by atoms with van der Waals surface area (Å²) in [6.07, 6.45) is 3.47. The van der Waals surface area contributed by atoms with Crippen molar-refractivity contribution < 1.29 is 19.1 Å². The Hall–Kier alpha value is -3.02. The van der Waals surface area contributed by atoms with Gasteiger partial charge in [0, 0.05) is 30.6 Å². The van der Waals surface area contributed by atoms with E-state index in [9.17, 15) is 9.59 Å². The monoisotopic (exact) mass is 412 g/mol. The molecular weight excluding hydrogens is 380 g/mol. The molecule has 0 atom stereocenters. The van der Waals surface area contributed by atoms with Gasteiger partial charge in [-0.15, -0.1) is 0 Å². The fourth-order valence-corrected chi connectivity index (χ4v) is 3.43. The Bertz CT molecular complexity index is 811. The minimum Gasteiger partial charge on any atom is -0.496 e. The van der Waals surface area contributed by atoms with Crippen molar-refractivity contribution in [3.8, 4) is 11.5 Å². The van der Waals surface area contributed by atoms with Crippen molar-refractivity contribution >= 4 is 11.8 Å². The number of aryl methyl sites for hydroxylation is 1. The second-order valence-corrected chi connectivity index (χ2v) is 7.31. The predicted octanol–water partition coefficient (Wildman–Crippen LogP) is 3.74. The van der Waals surface area contributed by atoms with Crippen molar-refractivity contribution in [2.75, 3.05) is 27.3 Å². The highest BCUT2D eigenvalue weighted by Gasteiger charge is 2.19. The molecule has 0 heterocycles. The summed E-state index contributed by atoms with van der Waals surface area (Å²) in [5.41, 5.74) is 7.87. The number of nitrogens with zero attached hydrogens (tertiary/aromatic N) is 1. The molecule has 0 saturated carbocycles. The maximum atomic E-state index is 13.3. The summed E-state index contributed by atoms with van der Waals surface area (Å²) in [5.74, 6) is 0.857. The zero-order valence-electron chi connectivity index (χ0n) is 18.1. The number of ether oxygens (including phenoxy) is 2.